The smallest absolute Gasteiger partial charge is 0.340 e. The molecule has 0 aliphatic rings. The zero-order valence-electron chi connectivity index (χ0n) is 12.7. The fraction of sp³-hybridized carbons (Fsp3) is 0.533. The molecule has 0 aliphatic heterocycles. The molecule has 0 bridgehead atoms. The lowest BCUT2D eigenvalue weighted by Crippen LogP contribution is -2.30. The minimum absolute atomic E-state index is 0.0541. The molecule has 0 fully saturated rings. The van der Waals surface area contributed by atoms with E-state index in [0.717, 1.165) is 18.7 Å². The summed E-state index contributed by atoms with van der Waals surface area (Å²) in [6, 6.07) is 4.53. The number of esters is 1. The summed E-state index contributed by atoms with van der Waals surface area (Å²) in [6.07, 6.45) is 0. The number of carbonyl (C=O) groups is 1. The number of benzene rings is 1. The van der Waals surface area contributed by atoms with Gasteiger partial charge in [-0.25, -0.2) is 9.18 Å². The van der Waals surface area contributed by atoms with Crippen molar-refractivity contribution in [2.45, 2.75) is 6.54 Å². The first-order valence-corrected chi connectivity index (χ1v) is 6.69. The van der Waals surface area contributed by atoms with Gasteiger partial charge >= 0.3 is 5.97 Å². The summed E-state index contributed by atoms with van der Waals surface area (Å²) in [6.45, 7) is 3.18. The maximum absolute atomic E-state index is 13.9. The highest BCUT2D eigenvalue weighted by atomic mass is 19.1. The first-order valence-electron chi connectivity index (χ1n) is 6.69. The van der Waals surface area contributed by atoms with E-state index in [0.29, 0.717) is 19.8 Å². The van der Waals surface area contributed by atoms with Crippen molar-refractivity contribution in [3.05, 3.63) is 35.1 Å². The third kappa shape index (κ3) is 5.79. The largest absolute Gasteiger partial charge is 0.465 e. The first kappa shape index (κ1) is 17.6. The molecule has 0 radical (unpaired) electrons. The van der Waals surface area contributed by atoms with Crippen LogP contribution in [-0.2, 0) is 20.8 Å². The molecule has 0 amide bonds. The predicted octanol–water partition coefficient (Wildman–Crippen LogP) is 1.71. The lowest BCUT2D eigenvalue weighted by atomic mass is 10.1. The molecule has 0 saturated carbocycles. The SMILES string of the molecule is COCCN(CCOC)Cc1ccc(C(=O)OC)c(F)c1. The van der Waals surface area contributed by atoms with E-state index in [1.54, 1.807) is 20.3 Å². The zero-order chi connectivity index (χ0) is 15.7. The first-order chi connectivity index (χ1) is 10.1. The van der Waals surface area contributed by atoms with E-state index in [1.807, 2.05) is 0 Å². The van der Waals surface area contributed by atoms with Crippen molar-refractivity contribution in [1.82, 2.24) is 4.90 Å². The van der Waals surface area contributed by atoms with E-state index in [2.05, 4.69) is 9.64 Å². The Morgan fingerprint density at radius 2 is 1.76 bits per heavy atom. The second kappa shape index (κ2) is 9.44. The third-order valence-corrected chi connectivity index (χ3v) is 3.07. The van der Waals surface area contributed by atoms with E-state index < -0.39 is 11.8 Å². The maximum atomic E-state index is 13.9. The second-order valence-corrected chi connectivity index (χ2v) is 4.57. The number of hydrogen-bond donors (Lipinski definition) is 0. The molecular weight excluding hydrogens is 277 g/mol. The summed E-state index contributed by atoms with van der Waals surface area (Å²) in [7, 11) is 4.51. The fourth-order valence-corrected chi connectivity index (χ4v) is 1.90. The Kier molecular flexibility index (Phi) is 7.89. The molecule has 0 spiro atoms. The summed E-state index contributed by atoms with van der Waals surface area (Å²) in [4.78, 5) is 13.4. The highest BCUT2D eigenvalue weighted by Gasteiger charge is 2.13. The Balaban J connectivity index is 2.74. The van der Waals surface area contributed by atoms with Gasteiger partial charge in [-0.2, -0.15) is 0 Å². The highest BCUT2D eigenvalue weighted by molar-refractivity contribution is 5.89. The van der Waals surface area contributed by atoms with E-state index in [1.165, 1.54) is 19.2 Å². The van der Waals surface area contributed by atoms with Gasteiger partial charge in [-0.3, -0.25) is 4.90 Å². The Morgan fingerprint density at radius 1 is 1.14 bits per heavy atom. The van der Waals surface area contributed by atoms with Gasteiger partial charge in [-0.1, -0.05) is 6.07 Å². The summed E-state index contributed by atoms with van der Waals surface area (Å²) in [5, 5.41) is 0. The standard InChI is InChI=1S/C15H22FNO4/c1-19-8-6-17(7-9-20-2)11-12-4-5-13(14(16)10-12)15(18)21-3/h4-5,10H,6-9,11H2,1-3H3. The number of carbonyl (C=O) groups excluding carboxylic acids is 1. The van der Waals surface area contributed by atoms with Gasteiger partial charge in [0, 0.05) is 33.9 Å². The van der Waals surface area contributed by atoms with Crippen molar-refractivity contribution in [2.24, 2.45) is 0 Å². The molecule has 6 heteroatoms. The normalized spacial score (nSPS) is 10.9. The van der Waals surface area contributed by atoms with Crippen LogP contribution in [0.3, 0.4) is 0 Å². The van der Waals surface area contributed by atoms with Gasteiger partial charge in [0.25, 0.3) is 0 Å². The van der Waals surface area contributed by atoms with Crippen LogP contribution in [-0.4, -0.2) is 58.5 Å². The van der Waals surface area contributed by atoms with Crippen LogP contribution in [0, 0.1) is 5.82 Å². The van der Waals surface area contributed by atoms with Crippen LogP contribution < -0.4 is 0 Å². The van der Waals surface area contributed by atoms with Gasteiger partial charge in [0.05, 0.1) is 25.9 Å². The topological polar surface area (TPSA) is 48.0 Å². The number of nitrogens with zero attached hydrogens (tertiary/aromatic N) is 1. The molecule has 0 unspecified atom stereocenters. The molecule has 21 heavy (non-hydrogen) atoms. The Morgan fingerprint density at radius 3 is 2.24 bits per heavy atom. The van der Waals surface area contributed by atoms with Crippen molar-refractivity contribution in [1.29, 1.82) is 0 Å². The number of rotatable bonds is 9. The van der Waals surface area contributed by atoms with Crippen LogP contribution in [0.25, 0.3) is 0 Å². The van der Waals surface area contributed by atoms with Gasteiger partial charge in [0.15, 0.2) is 0 Å². The minimum Gasteiger partial charge on any atom is -0.465 e. The lowest BCUT2D eigenvalue weighted by molar-refractivity contribution is 0.0595. The van der Waals surface area contributed by atoms with Gasteiger partial charge in [0.2, 0.25) is 0 Å². The molecule has 118 valence electrons. The van der Waals surface area contributed by atoms with Crippen molar-refractivity contribution < 1.29 is 23.4 Å². The van der Waals surface area contributed by atoms with Crippen LogP contribution in [0.1, 0.15) is 15.9 Å². The molecule has 5 nitrogen and oxygen atoms in total. The summed E-state index contributed by atoms with van der Waals surface area (Å²) in [5.41, 5.74) is 0.731. The van der Waals surface area contributed by atoms with Crippen molar-refractivity contribution >= 4 is 5.97 Å². The molecule has 0 atom stereocenters. The van der Waals surface area contributed by atoms with Crippen LogP contribution in [0.5, 0.6) is 0 Å². The van der Waals surface area contributed by atoms with E-state index in [9.17, 15) is 9.18 Å². The number of hydrogen-bond acceptors (Lipinski definition) is 5. The highest BCUT2D eigenvalue weighted by Crippen LogP contribution is 2.13. The zero-order valence-corrected chi connectivity index (χ0v) is 12.7. The third-order valence-electron chi connectivity index (χ3n) is 3.07. The maximum Gasteiger partial charge on any atom is 0.340 e. The fourth-order valence-electron chi connectivity index (χ4n) is 1.90. The summed E-state index contributed by atoms with van der Waals surface area (Å²) in [5.74, 6) is -1.24. The number of halogens is 1. The van der Waals surface area contributed by atoms with Gasteiger partial charge < -0.3 is 14.2 Å². The second-order valence-electron chi connectivity index (χ2n) is 4.57. The van der Waals surface area contributed by atoms with Gasteiger partial charge in [-0.15, -0.1) is 0 Å². The molecule has 0 aliphatic carbocycles. The summed E-state index contributed by atoms with van der Waals surface area (Å²) >= 11 is 0. The molecule has 0 aromatic heterocycles. The predicted molar refractivity (Wildman–Crippen MR) is 76.8 cm³/mol. The van der Waals surface area contributed by atoms with E-state index >= 15 is 0 Å². The molecule has 0 saturated heterocycles. The Hall–Kier alpha value is -1.50. The molecule has 1 rings (SSSR count). The van der Waals surface area contributed by atoms with Crippen LogP contribution in [0.2, 0.25) is 0 Å². The Bertz CT molecular complexity index is 445. The average molecular weight is 299 g/mol. The average Bonchev–Trinajstić information content (AvgIpc) is 2.49. The van der Waals surface area contributed by atoms with Crippen molar-refractivity contribution in [3.63, 3.8) is 0 Å². The van der Waals surface area contributed by atoms with Crippen LogP contribution in [0.15, 0.2) is 18.2 Å². The van der Waals surface area contributed by atoms with Crippen LogP contribution >= 0.6 is 0 Å². The van der Waals surface area contributed by atoms with Crippen molar-refractivity contribution in [2.75, 3.05) is 47.6 Å². The molecule has 1 aromatic rings. The molecule has 0 N–H and O–H groups in total. The lowest BCUT2D eigenvalue weighted by Gasteiger charge is -2.21. The Labute approximate surface area is 124 Å². The van der Waals surface area contributed by atoms with Gasteiger partial charge in [0.1, 0.15) is 5.82 Å². The van der Waals surface area contributed by atoms with Gasteiger partial charge in [-0.05, 0) is 17.7 Å². The quantitative estimate of drug-likeness (QED) is 0.650. The molecular formula is C15H22FNO4. The minimum atomic E-state index is -0.672. The van der Waals surface area contributed by atoms with Crippen LogP contribution in [0.4, 0.5) is 4.39 Å². The molecule has 0 heterocycles. The number of ether oxygens (including phenoxy) is 3. The molecule has 1 aromatic carbocycles. The van der Waals surface area contributed by atoms with E-state index in [-0.39, 0.29) is 5.56 Å². The van der Waals surface area contributed by atoms with Crippen molar-refractivity contribution in [3.8, 4) is 0 Å². The van der Waals surface area contributed by atoms with E-state index in [4.69, 9.17) is 9.47 Å². The number of methoxy groups -OCH3 is 3. The summed E-state index contributed by atoms with van der Waals surface area (Å²) < 4.78 is 28.5. The monoisotopic (exact) mass is 299 g/mol.